The maximum atomic E-state index is 9.38. The Kier molecular flexibility index (Phi) is 4.71. The first-order valence-electron chi connectivity index (χ1n) is 6.21. The molecule has 0 heterocycles. The van der Waals surface area contributed by atoms with E-state index in [0.29, 0.717) is 0 Å². The van der Waals surface area contributed by atoms with Crippen molar-refractivity contribution < 1.29 is 9.84 Å². The largest absolute Gasteiger partial charge is 0.508 e. The smallest absolute Gasteiger partial charge is 0.119 e. The van der Waals surface area contributed by atoms with E-state index in [-0.39, 0.29) is 5.75 Å². The number of hydrogen-bond acceptors (Lipinski definition) is 2. The van der Waals surface area contributed by atoms with Crippen molar-refractivity contribution in [3.05, 3.63) is 36.4 Å². The predicted molar refractivity (Wildman–Crippen MR) is 75.7 cm³/mol. The summed E-state index contributed by atoms with van der Waals surface area (Å²) in [5.74, 6) is 1.88. The van der Waals surface area contributed by atoms with Crippen molar-refractivity contribution in [1.82, 2.24) is 0 Å². The van der Waals surface area contributed by atoms with Gasteiger partial charge in [-0.1, -0.05) is 12.1 Å². The van der Waals surface area contributed by atoms with Crippen LogP contribution in [0.4, 0.5) is 0 Å². The minimum atomic E-state index is 0.289. The molecule has 0 fully saturated rings. The second-order valence-corrected chi connectivity index (χ2v) is 4.67. The summed E-state index contributed by atoms with van der Waals surface area (Å²) < 4.78 is 5.69. The molecule has 18 heavy (non-hydrogen) atoms. The molecular formula is C15H17ClO2. The average molecular weight is 265 g/mol. The van der Waals surface area contributed by atoms with Crippen molar-refractivity contribution in [2.45, 2.75) is 19.3 Å². The van der Waals surface area contributed by atoms with E-state index in [1.165, 1.54) is 0 Å². The van der Waals surface area contributed by atoms with Crippen LogP contribution in [0.1, 0.15) is 19.3 Å². The second-order valence-electron chi connectivity index (χ2n) is 4.29. The van der Waals surface area contributed by atoms with Crippen molar-refractivity contribution >= 4 is 22.4 Å². The minimum Gasteiger partial charge on any atom is -0.508 e. The van der Waals surface area contributed by atoms with Gasteiger partial charge in [-0.15, -0.1) is 11.6 Å². The quantitative estimate of drug-likeness (QED) is 0.621. The lowest BCUT2D eigenvalue weighted by molar-refractivity contribution is 0.307. The lowest BCUT2D eigenvalue weighted by Gasteiger charge is -2.07. The van der Waals surface area contributed by atoms with Crippen molar-refractivity contribution in [3.63, 3.8) is 0 Å². The van der Waals surface area contributed by atoms with Crippen LogP contribution in [-0.4, -0.2) is 17.6 Å². The third kappa shape index (κ3) is 3.54. The van der Waals surface area contributed by atoms with E-state index in [2.05, 4.69) is 0 Å². The zero-order valence-electron chi connectivity index (χ0n) is 10.2. The van der Waals surface area contributed by atoms with Crippen LogP contribution in [0.5, 0.6) is 11.5 Å². The SMILES string of the molecule is Oc1ccc2cc(OCCCCCCl)ccc2c1. The van der Waals surface area contributed by atoms with Gasteiger partial charge in [0.25, 0.3) is 0 Å². The van der Waals surface area contributed by atoms with Gasteiger partial charge in [0.15, 0.2) is 0 Å². The van der Waals surface area contributed by atoms with Crippen LogP contribution < -0.4 is 4.74 Å². The van der Waals surface area contributed by atoms with Crippen molar-refractivity contribution in [1.29, 1.82) is 0 Å². The molecule has 0 aliphatic heterocycles. The van der Waals surface area contributed by atoms with Crippen LogP contribution in [0.25, 0.3) is 10.8 Å². The molecule has 3 heteroatoms. The van der Waals surface area contributed by atoms with Crippen LogP contribution >= 0.6 is 11.6 Å². The molecule has 1 N–H and O–H groups in total. The fourth-order valence-corrected chi connectivity index (χ4v) is 2.05. The number of halogens is 1. The van der Waals surface area contributed by atoms with Gasteiger partial charge in [-0.2, -0.15) is 0 Å². The number of fused-ring (bicyclic) bond motifs is 1. The highest BCUT2D eigenvalue weighted by atomic mass is 35.5. The number of benzene rings is 2. The Bertz CT molecular complexity index is 511. The average Bonchev–Trinajstić information content (AvgIpc) is 2.38. The highest BCUT2D eigenvalue weighted by Crippen LogP contribution is 2.24. The summed E-state index contributed by atoms with van der Waals surface area (Å²) in [6, 6.07) is 11.2. The number of hydrogen-bond donors (Lipinski definition) is 1. The fraction of sp³-hybridized carbons (Fsp3) is 0.333. The third-order valence-electron chi connectivity index (χ3n) is 2.84. The summed E-state index contributed by atoms with van der Waals surface area (Å²) in [6.45, 7) is 0.723. The first-order valence-corrected chi connectivity index (χ1v) is 6.74. The number of alkyl halides is 1. The maximum absolute atomic E-state index is 9.38. The summed E-state index contributed by atoms with van der Waals surface area (Å²) in [4.78, 5) is 0. The molecule has 0 radical (unpaired) electrons. The summed E-state index contributed by atoms with van der Waals surface area (Å²) >= 11 is 5.61. The predicted octanol–water partition coefficient (Wildman–Crippen LogP) is 4.33. The van der Waals surface area contributed by atoms with Crippen LogP contribution in [0, 0.1) is 0 Å². The number of unbranched alkanes of at least 4 members (excludes halogenated alkanes) is 2. The molecule has 0 saturated heterocycles. The Balaban J connectivity index is 1.95. The monoisotopic (exact) mass is 264 g/mol. The van der Waals surface area contributed by atoms with Crippen molar-refractivity contribution in [3.8, 4) is 11.5 Å². The number of phenols is 1. The lowest BCUT2D eigenvalue weighted by atomic mass is 10.1. The van der Waals surface area contributed by atoms with Crippen LogP contribution in [0.15, 0.2) is 36.4 Å². The van der Waals surface area contributed by atoms with E-state index in [9.17, 15) is 5.11 Å². The minimum absolute atomic E-state index is 0.289. The Morgan fingerprint density at radius 3 is 2.56 bits per heavy atom. The van der Waals surface area contributed by atoms with Gasteiger partial charge in [-0.05, 0) is 54.3 Å². The van der Waals surface area contributed by atoms with Gasteiger partial charge in [0, 0.05) is 5.88 Å². The van der Waals surface area contributed by atoms with Crippen LogP contribution in [0.2, 0.25) is 0 Å². The molecule has 0 spiro atoms. The number of rotatable bonds is 6. The third-order valence-corrected chi connectivity index (χ3v) is 3.11. The molecule has 0 aliphatic carbocycles. The maximum Gasteiger partial charge on any atom is 0.119 e. The highest BCUT2D eigenvalue weighted by Gasteiger charge is 1.99. The normalized spacial score (nSPS) is 10.7. The van der Waals surface area contributed by atoms with Gasteiger partial charge < -0.3 is 9.84 Å². The van der Waals surface area contributed by atoms with Crippen molar-refractivity contribution in [2.75, 3.05) is 12.5 Å². The second kappa shape index (κ2) is 6.50. The first kappa shape index (κ1) is 13.0. The van der Waals surface area contributed by atoms with E-state index in [0.717, 1.165) is 48.3 Å². The molecule has 96 valence electrons. The number of ether oxygens (including phenoxy) is 1. The fourth-order valence-electron chi connectivity index (χ4n) is 1.86. The molecule has 2 nitrogen and oxygen atoms in total. The molecule has 0 aromatic heterocycles. The molecule has 0 bridgehead atoms. The van der Waals surface area contributed by atoms with Crippen molar-refractivity contribution in [2.24, 2.45) is 0 Å². The molecule has 2 aromatic carbocycles. The van der Waals surface area contributed by atoms with E-state index in [4.69, 9.17) is 16.3 Å². The topological polar surface area (TPSA) is 29.5 Å². The van der Waals surface area contributed by atoms with Crippen LogP contribution in [-0.2, 0) is 0 Å². The van der Waals surface area contributed by atoms with Gasteiger partial charge in [-0.3, -0.25) is 0 Å². The highest BCUT2D eigenvalue weighted by molar-refractivity contribution is 6.17. The number of phenolic OH excluding ortho intramolecular Hbond substituents is 1. The van der Waals surface area contributed by atoms with Gasteiger partial charge >= 0.3 is 0 Å². The zero-order chi connectivity index (χ0) is 12.8. The Morgan fingerprint density at radius 1 is 0.944 bits per heavy atom. The van der Waals surface area contributed by atoms with E-state index in [1.54, 1.807) is 12.1 Å². The molecule has 0 unspecified atom stereocenters. The van der Waals surface area contributed by atoms with E-state index in [1.807, 2.05) is 24.3 Å². The number of aromatic hydroxyl groups is 1. The van der Waals surface area contributed by atoms with Crippen LogP contribution in [0.3, 0.4) is 0 Å². The van der Waals surface area contributed by atoms with E-state index >= 15 is 0 Å². The lowest BCUT2D eigenvalue weighted by Crippen LogP contribution is -1.97. The zero-order valence-corrected chi connectivity index (χ0v) is 11.0. The Morgan fingerprint density at radius 2 is 1.72 bits per heavy atom. The molecule has 0 amide bonds. The Labute approximate surface area is 112 Å². The molecule has 0 saturated carbocycles. The molecule has 2 aromatic rings. The van der Waals surface area contributed by atoms with E-state index < -0.39 is 0 Å². The molecule has 2 rings (SSSR count). The summed E-state index contributed by atoms with van der Waals surface area (Å²) in [7, 11) is 0. The van der Waals surface area contributed by atoms with Gasteiger partial charge in [0.2, 0.25) is 0 Å². The van der Waals surface area contributed by atoms with Gasteiger partial charge in [0.1, 0.15) is 11.5 Å². The Hall–Kier alpha value is -1.41. The first-order chi connectivity index (χ1) is 8.79. The van der Waals surface area contributed by atoms with Gasteiger partial charge in [-0.25, -0.2) is 0 Å². The standard InChI is InChI=1S/C15H17ClO2/c16-8-2-1-3-9-18-15-7-5-12-10-14(17)6-4-13(12)11-15/h4-7,10-11,17H,1-3,8-9H2. The summed E-state index contributed by atoms with van der Waals surface area (Å²) in [5.41, 5.74) is 0. The van der Waals surface area contributed by atoms with Gasteiger partial charge in [0.05, 0.1) is 6.61 Å². The summed E-state index contributed by atoms with van der Waals surface area (Å²) in [5, 5.41) is 11.5. The molecule has 0 atom stereocenters. The molecule has 0 aliphatic rings. The summed E-state index contributed by atoms with van der Waals surface area (Å²) in [6.07, 6.45) is 3.17. The molecular weight excluding hydrogens is 248 g/mol.